The molecule has 4 nitrogen and oxygen atoms in total. The van der Waals surface area contributed by atoms with E-state index >= 15 is 0 Å². The van der Waals surface area contributed by atoms with Crippen LogP contribution in [-0.2, 0) is 9.84 Å². The van der Waals surface area contributed by atoms with E-state index in [9.17, 15) is 8.42 Å². The van der Waals surface area contributed by atoms with E-state index in [1.54, 1.807) is 12.3 Å². The van der Waals surface area contributed by atoms with Crippen LogP contribution in [0.25, 0.3) is 0 Å². The van der Waals surface area contributed by atoms with Crippen molar-refractivity contribution < 1.29 is 13.4 Å². The second-order valence-corrected chi connectivity index (χ2v) is 5.14. The topological polar surface area (TPSA) is 61.2 Å². The van der Waals surface area contributed by atoms with E-state index in [1.807, 2.05) is 6.92 Å². The fraction of sp³-hybridized carbons (Fsp3) is 0.556. The molecule has 0 saturated carbocycles. The molecular formula is C9H15N2O2S+. The Balaban J connectivity index is 2.67. The maximum absolute atomic E-state index is 11.6. The predicted molar refractivity (Wildman–Crippen MR) is 52.4 cm³/mol. The molecule has 0 saturated heterocycles. The van der Waals surface area contributed by atoms with Gasteiger partial charge in [-0.15, -0.1) is 0 Å². The molecule has 0 aliphatic carbocycles. The predicted octanol–water partition coefficient (Wildman–Crippen LogP) is 0.860. The summed E-state index contributed by atoms with van der Waals surface area (Å²) in [5, 5.41) is 0.0658. The van der Waals surface area contributed by atoms with Gasteiger partial charge in [0.2, 0.25) is 0 Å². The number of nitrogens with one attached hydrogen (secondary N) is 1. The standard InChI is InChI=1S/C9H14N2O2S/c1-2-3-4-8-14(12,13)9-10-6-5-7-11-9/h5-7H,2-4,8H2,1H3/p+1. The lowest BCUT2D eigenvalue weighted by Crippen LogP contribution is -2.20. The van der Waals surface area contributed by atoms with Crippen LogP contribution >= 0.6 is 0 Å². The van der Waals surface area contributed by atoms with Crippen LogP contribution < -0.4 is 4.98 Å². The molecule has 0 bridgehead atoms. The number of aromatic amines is 1. The van der Waals surface area contributed by atoms with Gasteiger partial charge in [0.25, 0.3) is 9.84 Å². The fourth-order valence-corrected chi connectivity index (χ4v) is 2.37. The minimum Gasteiger partial charge on any atom is -0.234 e. The molecular weight excluding hydrogens is 200 g/mol. The second-order valence-electron chi connectivity index (χ2n) is 3.11. The van der Waals surface area contributed by atoms with Crippen molar-refractivity contribution in [2.45, 2.75) is 31.3 Å². The summed E-state index contributed by atoms with van der Waals surface area (Å²) < 4.78 is 23.2. The van der Waals surface area contributed by atoms with Crippen molar-refractivity contribution in [2.24, 2.45) is 0 Å². The van der Waals surface area contributed by atoms with E-state index in [-0.39, 0.29) is 10.9 Å². The molecule has 0 atom stereocenters. The Bertz CT molecular complexity index is 362. The first kappa shape index (κ1) is 11.1. The van der Waals surface area contributed by atoms with Crippen molar-refractivity contribution >= 4 is 9.84 Å². The van der Waals surface area contributed by atoms with E-state index in [4.69, 9.17) is 0 Å². The van der Waals surface area contributed by atoms with Crippen molar-refractivity contribution in [3.63, 3.8) is 0 Å². The van der Waals surface area contributed by atoms with E-state index in [2.05, 4.69) is 9.97 Å². The van der Waals surface area contributed by atoms with Crippen LogP contribution in [0.1, 0.15) is 26.2 Å². The summed E-state index contributed by atoms with van der Waals surface area (Å²) in [5.74, 6) is 0.175. The van der Waals surface area contributed by atoms with Crippen molar-refractivity contribution in [3.05, 3.63) is 18.5 Å². The number of H-pyrrole nitrogens is 1. The molecule has 1 N–H and O–H groups in total. The van der Waals surface area contributed by atoms with Crippen molar-refractivity contribution in [3.8, 4) is 0 Å². The van der Waals surface area contributed by atoms with Gasteiger partial charge in [-0.3, -0.25) is 0 Å². The summed E-state index contributed by atoms with van der Waals surface area (Å²) >= 11 is 0. The molecule has 1 aromatic heterocycles. The maximum atomic E-state index is 11.6. The summed E-state index contributed by atoms with van der Waals surface area (Å²) in [5.41, 5.74) is 0. The summed E-state index contributed by atoms with van der Waals surface area (Å²) in [4.78, 5) is 6.42. The van der Waals surface area contributed by atoms with E-state index in [0.29, 0.717) is 6.42 Å². The van der Waals surface area contributed by atoms with Gasteiger partial charge >= 0.3 is 5.16 Å². The van der Waals surface area contributed by atoms with Crippen LogP contribution in [0.5, 0.6) is 0 Å². The first-order valence-corrected chi connectivity index (χ1v) is 6.37. The van der Waals surface area contributed by atoms with Crippen LogP contribution in [0, 0.1) is 0 Å². The third-order valence-electron chi connectivity index (χ3n) is 1.89. The van der Waals surface area contributed by atoms with Gasteiger partial charge < -0.3 is 0 Å². The van der Waals surface area contributed by atoms with Gasteiger partial charge in [0.1, 0.15) is 6.20 Å². The van der Waals surface area contributed by atoms with Crippen LogP contribution in [0.3, 0.4) is 0 Å². The molecule has 0 unspecified atom stereocenters. The fourth-order valence-electron chi connectivity index (χ4n) is 1.12. The maximum Gasteiger partial charge on any atom is 0.414 e. The van der Waals surface area contributed by atoms with Gasteiger partial charge in [-0.2, -0.15) is 0 Å². The Morgan fingerprint density at radius 1 is 1.43 bits per heavy atom. The van der Waals surface area contributed by atoms with Crippen molar-refractivity contribution in [1.29, 1.82) is 0 Å². The number of hydrogen-bond acceptors (Lipinski definition) is 3. The highest BCUT2D eigenvalue weighted by Gasteiger charge is 2.22. The molecule has 1 aromatic rings. The molecule has 1 heterocycles. The zero-order valence-electron chi connectivity index (χ0n) is 8.23. The van der Waals surface area contributed by atoms with E-state index in [0.717, 1.165) is 12.8 Å². The Morgan fingerprint density at radius 3 is 2.79 bits per heavy atom. The summed E-state index contributed by atoms with van der Waals surface area (Å²) in [7, 11) is -3.20. The SMILES string of the molecule is CCCCCS(=O)(=O)c1nccc[nH+]1. The normalized spacial score (nSPS) is 11.5. The lowest BCUT2D eigenvalue weighted by Gasteiger charge is -1.96. The highest BCUT2D eigenvalue weighted by atomic mass is 32.2. The monoisotopic (exact) mass is 215 g/mol. The molecule has 14 heavy (non-hydrogen) atoms. The molecule has 5 heteroatoms. The molecule has 0 amide bonds. The van der Waals surface area contributed by atoms with Crippen LogP contribution in [-0.4, -0.2) is 19.2 Å². The van der Waals surface area contributed by atoms with Gasteiger partial charge in [0.15, 0.2) is 0 Å². The zero-order chi connectivity index (χ0) is 10.4. The van der Waals surface area contributed by atoms with Gasteiger partial charge in [-0.25, -0.2) is 13.4 Å². The smallest absolute Gasteiger partial charge is 0.234 e. The summed E-state index contributed by atoms with van der Waals surface area (Å²) in [6.45, 7) is 2.04. The molecule has 0 radical (unpaired) electrons. The van der Waals surface area contributed by atoms with Gasteiger partial charge in [0, 0.05) is 6.07 Å². The highest BCUT2D eigenvalue weighted by Crippen LogP contribution is 2.04. The Kier molecular flexibility index (Phi) is 4.00. The molecule has 0 aliphatic rings. The zero-order valence-corrected chi connectivity index (χ0v) is 9.05. The lowest BCUT2D eigenvalue weighted by atomic mass is 10.3. The third-order valence-corrected chi connectivity index (χ3v) is 3.53. The molecule has 78 valence electrons. The number of aromatic nitrogens is 2. The van der Waals surface area contributed by atoms with Crippen molar-refractivity contribution in [1.82, 2.24) is 4.98 Å². The first-order valence-electron chi connectivity index (χ1n) is 4.72. The largest absolute Gasteiger partial charge is 0.414 e. The van der Waals surface area contributed by atoms with Crippen LogP contribution in [0.4, 0.5) is 0 Å². The minimum atomic E-state index is -3.20. The summed E-state index contributed by atoms with van der Waals surface area (Å²) in [6, 6.07) is 1.66. The molecule has 0 aromatic carbocycles. The average Bonchev–Trinajstić information content (AvgIpc) is 2.19. The average molecular weight is 215 g/mol. The molecule has 0 spiro atoms. The Morgan fingerprint density at radius 2 is 2.21 bits per heavy atom. The third kappa shape index (κ3) is 3.06. The number of nitrogens with zero attached hydrogens (tertiary/aromatic N) is 1. The van der Waals surface area contributed by atoms with Gasteiger partial charge in [0.05, 0.1) is 11.9 Å². The van der Waals surface area contributed by atoms with Crippen molar-refractivity contribution in [2.75, 3.05) is 5.75 Å². The quantitative estimate of drug-likeness (QED) is 0.540. The lowest BCUT2D eigenvalue weighted by molar-refractivity contribution is -0.435. The Hall–Kier alpha value is -0.970. The van der Waals surface area contributed by atoms with E-state index < -0.39 is 9.84 Å². The minimum absolute atomic E-state index is 0.0658. The molecule has 0 fully saturated rings. The highest BCUT2D eigenvalue weighted by molar-refractivity contribution is 7.91. The molecule has 0 aliphatic heterocycles. The van der Waals surface area contributed by atoms with E-state index in [1.165, 1.54) is 6.20 Å². The number of rotatable bonds is 5. The van der Waals surface area contributed by atoms with Gasteiger partial charge in [-0.05, 0) is 11.4 Å². The number of unbranched alkanes of at least 4 members (excludes halogenated alkanes) is 2. The number of hydrogen-bond donors (Lipinski definition) is 0. The second kappa shape index (κ2) is 5.05. The first-order chi connectivity index (χ1) is 6.67. The number of sulfone groups is 1. The van der Waals surface area contributed by atoms with Crippen LogP contribution in [0.15, 0.2) is 23.6 Å². The molecule has 1 rings (SSSR count). The Labute approximate surface area is 84.3 Å². The van der Waals surface area contributed by atoms with Gasteiger partial charge in [-0.1, -0.05) is 19.8 Å². The summed E-state index contributed by atoms with van der Waals surface area (Å²) in [6.07, 6.45) is 5.69. The van der Waals surface area contributed by atoms with Crippen LogP contribution in [0.2, 0.25) is 0 Å².